The minimum absolute atomic E-state index is 1.14. The van der Waals surface area contributed by atoms with Crippen LogP contribution in [-0.2, 0) is 0 Å². The topological polar surface area (TPSA) is 3.24 Å². The number of allylic oxidation sites excluding steroid dienone is 1. The minimum atomic E-state index is 1.14. The molecule has 0 aliphatic carbocycles. The molecule has 0 fully saturated rings. The van der Waals surface area contributed by atoms with Crippen molar-refractivity contribution in [3.8, 4) is 0 Å². The summed E-state index contributed by atoms with van der Waals surface area (Å²) in [4.78, 5) is 2.53. The van der Waals surface area contributed by atoms with Gasteiger partial charge in [-0.3, -0.25) is 4.90 Å². The largest absolute Gasteiger partial charge is 0.300 e. The summed E-state index contributed by atoms with van der Waals surface area (Å²) in [6.07, 6.45) is 11.1. The Balaban J connectivity index is 3.52. The van der Waals surface area contributed by atoms with Crippen LogP contribution in [-0.4, -0.2) is 24.5 Å². The second-order valence-corrected chi connectivity index (χ2v) is 3.91. The van der Waals surface area contributed by atoms with E-state index in [0.29, 0.717) is 0 Å². The molecule has 0 amide bonds. The molecule has 0 atom stereocenters. The number of unbranched alkanes of at least 4 members (excludes halogenated alkanes) is 2. The molecule has 1 heteroatoms. The first kappa shape index (κ1) is 13.7. The van der Waals surface area contributed by atoms with Gasteiger partial charge in [0.1, 0.15) is 0 Å². The molecule has 0 unspecified atom stereocenters. The predicted octanol–water partition coefficient (Wildman–Crippen LogP) is 3.85. The molecule has 0 aromatic carbocycles. The Kier molecular flexibility index (Phi) is 10.5. The van der Waals surface area contributed by atoms with Crippen molar-refractivity contribution in [2.24, 2.45) is 0 Å². The van der Waals surface area contributed by atoms with E-state index in [9.17, 15) is 0 Å². The average Bonchev–Trinajstić information content (AvgIpc) is 2.18. The Morgan fingerprint density at radius 1 is 0.857 bits per heavy atom. The summed E-state index contributed by atoms with van der Waals surface area (Å²) >= 11 is 0. The molecule has 0 spiro atoms. The Labute approximate surface area is 90.2 Å². The van der Waals surface area contributed by atoms with Crippen molar-refractivity contribution in [2.75, 3.05) is 19.6 Å². The van der Waals surface area contributed by atoms with Crippen LogP contribution in [0.25, 0.3) is 0 Å². The smallest absolute Gasteiger partial charge is 0.0163 e. The molecule has 84 valence electrons. The molecule has 0 N–H and O–H groups in total. The van der Waals surface area contributed by atoms with Crippen LogP contribution in [0.3, 0.4) is 0 Å². The first-order valence-corrected chi connectivity index (χ1v) is 6.22. The Morgan fingerprint density at radius 3 is 2.00 bits per heavy atom. The molecule has 0 bridgehead atoms. The molecule has 0 aliphatic heterocycles. The highest BCUT2D eigenvalue weighted by Crippen LogP contribution is 1.97. The highest BCUT2D eigenvalue weighted by Gasteiger charge is 1.97. The monoisotopic (exact) mass is 197 g/mol. The van der Waals surface area contributed by atoms with Gasteiger partial charge in [-0.2, -0.15) is 0 Å². The lowest BCUT2D eigenvalue weighted by molar-refractivity contribution is 0.303. The number of hydrogen-bond donors (Lipinski definition) is 0. The summed E-state index contributed by atoms with van der Waals surface area (Å²) < 4.78 is 0. The van der Waals surface area contributed by atoms with Crippen LogP contribution in [0, 0.1) is 0 Å². The van der Waals surface area contributed by atoms with Crippen LogP contribution in [0.5, 0.6) is 0 Å². The average molecular weight is 197 g/mol. The fourth-order valence-corrected chi connectivity index (χ4v) is 1.59. The van der Waals surface area contributed by atoms with Gasteiger partial charge in [0, 0.05) is 6.54 Å². The van der Waals surface area contributed by atoms with E-state index >= 15 is 0 Å². The highest BCUT2D eigenvalue weighted by atomic mass is 15.1. The van der Waals surface area contributed by atoms with E-state index in [-0.39, 0.29) is 0 Å². The van der Waals surface area contributed by atoms with Crippen LogP contribution in [0.1, 0.15) is 52.9 Å². The van der Waals surface area contributed by atoms with Crippen LogP contribution in [0.15, 0.2) is 12.2 Å². The summed E-state index contributed by atoms with van der Waals surface area (Å²) in [5.41, 5.74) is 0. The maximum Gasteiger partial charge on any atom is 0.0163 e. The van der Waals surface area contributed by atoms with Crippen LogP contribution in [0.2, 0.25) is 0 Å². The van der Waals surface area contributed by atoms with Crippen molar-refractivity contribution < 1.29 is 0 Å². The molecule has 0 rings (SSSR count). The molecule has 0 aliphatic rings. The molecular formula is C13H27N. The molecule has 1 nitrogen and oxygen atoms in total. The maximum absolute atomic E-state index is 2.53. The summed E-state index contributed by atoms with van der Waals surface area (Å²) in [6, 6.07) is 0. The Bertz CT molecular complexity index is 123. The first-order chi connectivity index (χ1) is 6.85. The maximum atomic E-state index is 2.53. The number of hydrogen-bond acceptors (Lipinski definition) is 1. The molecule has 0 aromatic heterocycles. The molecule has 0 aromatic rings. The quantitative estimate of drug-likeness (QED) is 0.401. The van der Waals surface area contributed by atoms with E-state index in [1.807, 2.05) is 0 Å². The van der Waals surface area contributed by atoms with E-state index in [1.54, 1.807) is 0 Å². The van der Waals surface area contributed by atoms with Gasteiger partial charge in [0.25, 0.3) is 0 Å². The number of rotatable bonds is 9. The first-order valence-electron chi connectivity index (χ1n) is 6.22. The van der Waals surface area contributed by atoms with Crippen molar-refractivity contribution in [3.63, 3.8) is 0 Å². The third-order valence-electron chi connectivity index (χ3n) is 2.33. The van der Waals surface area contributed by atoms with Crippen molar-refractivity contribution >= 4 is 0 Å². The second-order valence-electron chi connectivity index (χ2n) is 3.91. The molecule has 14 heavy (non-hydrogen) atoms. The predicted molar refractivity (Wildman–Crippen MR) is 65.7 cm³/mol. The molecule has 0 saturated heterocycles. The van der Waals surface area contributed by atoms with Crippen molar-refractivity contribution in [2.45, 2.75) is 52.9 Å². The Hall–Kier alpha value is -0.300. The summed E-state index contributed by atoms with van der Waals surface area (Å²) in [7, 11) is 0. The van der Waals surface area contributed by atoms with Gasteiger partial charge >= 0.3 is 0 Å². The summed E-state index contributed by atoms with van der Waals surface area (Å²) in [5.74, 6) is 0. The van der Waals surface area contributed by atoms with Gasteiger partial charge in [-0.05, 0) is 32.4 Å². The van der Waals surface area contributed by atoms with E-state index in [4.69, 9.17) is 0 Å². The zero-order chi connectivity index (χ0) is 10.6. The lowest BCUT2D eigenvalue weighted by Crippen LogP contribution is -2.25. The normalized spacial score (nSPS) is 11.7. The van der Waals surface area contributed by atoms with E-state index in [1.165, 1.54) is 45.2 Å². The van der Waals surface area contributed by atoms with E-state index in [2.05, 4.69) is 37.8 Å². The fourth-order valence-electron chi connectivity index (χ4n) is 1.59. The van der Waals surface area contributed by atoms with Gasteiger partial charge in [0.05, 0.1) is 0 Å². The zero-order valence-corrected chi connectivity index (χ0v) is 10.3. The molecule has 0 radical (unpaired) electrons. The summed E-state index contributed by atoms with van der Waals surface area (Å²) in [6.45, 7) is 10.4. The third kappa shape index (κ3) is 8.31. The van der Waals surface area contributed by atoms with Gasteiger partial charge in [0.2, 0.25) is 0 Å². The molecular weight excluding hydrogens is 170 g/mol. The van der Waals surface area contributed by atoms with Gasteiger partial charge in [-0.1, -0.05) is 45.8 Å². The van der Waals surface area contributed by atoms with E-state index in [0.717, 1.165) is 6.54 Å². The highest BCUT2D eigenvalue weighted by molar-refractivity contribution is 4.84. The lowest BCUT2D eigenvalue weighted by Gasteiger charge is -2.18. The lowest BCUT2D eigenvalue weighted by atomic mass is 10.2. The standard InChI is InChI=1S/C13H27N/c1-4-7-8-9-10-13-14(11-5-2)12-6-3/h9-10H,4-8,11-13H2,1-3H3. The van der Waals surface area contributed by atoms with Gasteiger partial charge in [0.15, 0.2) is 0 Å². The van der Waals surface area contributed by atoms with Gasteiger partial charge in [-0.15, -0.1) is 0 Å². The number of nitrogens with zero attached hydrogens (tertiary/aromatic N) is 1. The van der Waals surface area contributed by atoms with Gasteiger partial charge in [-0.25, -0.2) is 0 Å². The molecule has 0 heterocycles. The minimum Gasteiger partial charge on any atom is -0.300 e. The second kappa shape index (κ2) is 10.8. The SMILES string of the molecule is CCCCC=CCN(CCC)CCC. The van der Waals surface area contributed by atoms with Crippen LogP contribution < -0.4 is 0 Å². The Morgan fingerprint density at radius 2 is 1.50 bits per heavy atom. The van der Waals surface area contributed by atoms with Gasteiger partial charge < -0.3 is 0 Å². The van der Waals surface area contributed by atoms with Crippen LogP contribution >= 0.6 is 0 Å². The molecule has 0 saturated carbocycles. The van der Waals surface area contributed by atoms with Crippen molar-refractivity contribution in [1.29, 1.82) is 0 Å². The van der Waals surface area contributed by atoms with Crippen molar-refractivity contribution in [3.05, 3.63) is 12.2 Å². The zero-order valence-electron chi connectivity index (χ0n) is 10.3. The van der Waals surface area contributed by atoms with Crippen LogP contribution in [0.4, 0.5) is 0 Å². The van der Waals surface area contributed by atoms with Crippen molar-refractivity contribution in [1.82, 2.24) is 4.90 Å². The van der Waals surface area contributed by atoms with E-state index < -0.39 is 0 Å². The fraction of sp³-hybridized carbons (Fsp3) is 0.846. The third-order valence-corrected chi connectivity index (χ3v) is 2.33. The summed E-state index contributed by atoms with van der Waals surface area (Å²) in [5, 5.41) is 0.